The zero-order chi connectivity index (χ0) is 14.7. The Bertz CT molecular complexity index is 603. The van der Waals surface area contributed by atoms with Crippen molar-refractivity contribution in [2.75, 3.05) is 7.05 Å². The Hall–Kier alpha value is -1.39. The fourth-order valence-electron chi connectivity index (χ4n) is 1.91. The van der Waals surface area contributed by atoms with E-state index in [9.17, 15) is 8.78 Å². The Labute approximate surface area is 122 Å². The van der Waals surface area contributed by atoms with Crippen molar-refractivity contribution in [2.45, 2.75) is 30.2 Å². The first-order valence-corrected chi connectivity index (χ1v) is 7.20. The summed E-state index contributed by atoms with van der Waals surface area (Å²) in [6.07, 6.45) is 0. The second-order valence-electron chi connectivity index (χ2n) is 4.77. The third-order valence-electron chi connectivity index (χ3n) is 3.14. The van der Waals surface area contributed by atoms with Crippen molar-refractivity contribution in [1.82, 2.24) is 5.32 Å². The molecule has 20 heavy (non-hydrogen) atoms. The van der Waals surface area contributed by atoms with Crippen LogP contribution in [0.1, 0.15) is 16.7 Å². The van der Waals surface area contributed by atoms with Crippen LogP contribution in [-0.2, 0) is 6.54 Å². The molecule has 4 heteroatoms. The molecule has 0 aliphatic rings. The van der Waals surface area contributed by atoms with Crippen LogP contribution in [-0.4, -0.2) is 7.05 Å². The minimum Gasteiger partial charge on any atom is -0.316 e. The fourth-order valence-corrected chi connectivity index (χ4v) is 2.83. The van der Waals surface area contributed by atoms with Crippen LogP contribution in [0.25, 0.3) is 0 Å². The molecule has 0 spiro atoms. The average molecular weight is 293 g/mol. The number of halogens is 2. The third-order valence-corrected chi connectivity index (χ3v) is 4.22. The third kappa shape index (κ3) is 3.38. The van der Waals surface area contributed by atoms with Crippen molar-refractivity contribution >= 4 is 11.8 Å². The summed E-state index contributed by atoms with van der Waals surface area (Å²) in [5.41, 5.74) is 2.88. The van der Waals surface area contributed by atoms with Gasteiger partial charge in [0.15, 0.2) is 0 Å². The van der Waals surface area contributed by atoms with Crippen LogP contribution in [0.2, 0.25) is 0 Å². The lowest BCUT2D eigenvalue weighted by Gasteiger charge is -2.09. The van der Waals surface area contributed by atoms with Gasteiger partial charge in [-0.15, -0.1) is 0 Å². The van der Waals surface area contributed by atoms with Gasteiger partial charge in [-0.05, 0) is 61.9 Å². The maximum atomic E-state index is 14.0. The monoisotopic (exact) mass is 293 g/mol. The van der Waals surface area contributed by atoms with E-state index in [1.807, 2.05) is 32.0 Å². The van der Waals surface area contributed by atoms with Gasteiger partial charge in [0.1, 0.15) is 11.6 Å². The molecular weight excluding hydrogens is 276 g/mol. The standard InChI is InChI=1S/C16H17F2NS/c1-10-4-5-13(6-11(10)2)20-16-14(17)7-12(9-19-3)8-15(16)18/h4-8,19H,9H2,1-3H3. The van der Waals surface area contributed by atoms with Gasteiger partial charge in [-0.1, -0.05) is 17.8 Å². The highest BCUT2D eigenvalue weighted by Crippen LogP contribution is 2.33. The van der Waals surface area contributed by atoms with Crippen molar-refractivity contribution < 1.29 is 8.78 Å². The Kier molecular flexibility index (Phi) is 4.78. The van der Waals surface area contributed by atoms with E-state index in [0.717, 1.165) is 22.2 Å². The van der Waals surface area contributed by atoms with Gasteiger partial charge in [0.2, 0.25) is 0 Å². The van der Waals surface area contributed by atoms with Gasteiger partial charge in [0.25, 0.3) is 0 Å². The molecule has 0 heterocycles. The molecule has 0 amide bonds. The molecule has 2 rings (SSSR count). The Morgan fingerprint density at radius 2 is 1.65 bits per heavy atom. The largest absolute Gasteiger partial charge is 0.316 e. The first-order valence-electron chi connectivity index (χ1n) is 6.39. The second kappa shape index (κ2) is 6.37. The summed E-state index contributed by atoms with van der Waals surface area (Å²) < 4.78 is 28.0. The van der Waals surface area contributed by atoms with Gasteiger partial charge in [-0.2, -0.15) is 0 Å². The smallest absolute Gasteiger partial charge is 0.140 e. The minimum absolute atomic E-state index is 0.0492. The molecule has 1 N–H and O–H groups in total. The molecule has 2 aromatic rings. The molecular formula is C16H17F2NS. The summed E-state index contributed by atoms with van der Waals surface area (Å²) >= 11 is 1.12. The van der Waals surface area contributed by atoms with Crippen molar-refractivity contribution in [3.05, 3.63) is 58.7 Å². The molecule has 0 fully saturated rings. The average Bonchev–Trinajstić information content (AvgIpc) is 2.38. The predicted octanol–water partition coefficient (Wildman–Crippen LogP) is 4.45. The molecule has 106 valence electrons. The lowest BCUT2D eigenvalue weighted by Crippen LogP contribution is -2.06. The second-order valence-corrected chi connectivity index (χ2v) is 5.85. The molecule has 0 unspecified atom stereocenters. The highest BCUT2D eigenvalue weighted by Gasteiger charge is 2.13. The van der Waals surface area contributed by atoms with Crippen LogP contribution in [0, 0.1) is 25.5 Å². The van der Waals surface area contributed by atoms with Crippen molar-refractivity contribution in [3.8, 4) is 0 Å². The van der Waals surface area contributed by atoms with Crippen LogP contribution >= 0.6 is 11.8 Å². The van der Waals surface area contributed by atoms with Crippen molar-refractivity contribution in [3.63, 3.8) is 0 Å². The summed E-state index contributed by atoms with van der Waals surface area (Å²) in [5.74, 6) is -1.03. The molecule has 0 aromatic heterocycles. The molecule has 0 atom stereocenters. The van der Waals surface area contributed by atoms with E-state index in [0.29, 0.717) is 12.1 Å². The highest BCUT2D eigenvalue weighted by molar-refractivity contribution is 7.99. The summed E-state index contributed by atoms with van der Waals surface area (Å²) in [7, 11) is 1.74. The minimum atomic E-state index is -0.515. The van der Waals surface area contributed by atoms with Crippen LogP contribution in [0.3, 0.4) is 0 Å². The summed E-state index contributed by atoms with van der Waals surface area (Å²) in [5, 5.41) is 2.88. The molecule has 2 aromatic carbocycles. The van der Waals surface area contributed by atoms with Crippen LogP contribution in [0.4, 0.5) is 8.78 Å². The number of benzene rings is 2. The SMILES string of the molecule is CNCc1cc(F)c(Sc2ccc(C)c(C)c2)c(F)c1. The van der Waals surface area contributed by atoms with E-state index < -0.39 is 11.6 Å². The Morgan fingerprint density at radius 1 is 1.00 bits per heavy atom. The molecule has 0 aliphatic carbocycles. The lowest BCUT2D eigenvalue weighted by atomic mass is 10.1. The number of aryl methyl sites for hydroxylation is 2. The van der Waals surface area contributed by atoms with Crippen LogP contribution in [0.5, 0.6) is 0 Å². The highest BCUT2D eigenvalue weighted by atomic mass is 32.2. The normalized spacial score (nSPS) is 10.8. The van der Waals surface area contributed by atoms with Gasteiger partial charge in [0.05, 0.1) is 4.90 Å². The van der Waals surface area contributed by atoms with Gasteiger partial charge in [0, 0.05) is 11.4 Å². The van der Waals surface area contributed by atoms with Gasteiger partial charge < -0.3 is 5.32 Å². The van der Waals surface area contributed by atoms with E-state index in [1.54, 1.807) is 7.05 Å². The van der Waals surface area contributed by atoms with Crippen LogP contribution in [0.15, 0.2) is 40.1 Å². The topological polar surface area (TPSA) is 12.0 Å². The zero-order valence-electron chi connectivity index (χ0n) is 11.8. The van der Waals surface area contributed by atoms with Crippen LogP contribution < -0.4 is 5.32 Å². The fraction of sp³-hybridized carbons (Fsp3) is 0.250. The van der Waals surface area contributed by atoms with E-state index in [2.05, 4.69) is 5.32 Å². The summed E-state index contributed by atoms with van der Waals surface area (Å²) in [6.45, 7) is 4.45. The van der Waals surface area contributed by atoms with Gasteiger partial charge in [-0.3, -0.25) is 0 Å². The van der Waals surface area contributed by atoms with Gasteiger partial charge in [-0.25, -0.2) is 8.78 Å². The molecule has 0 saturated carbocycles. The summed E-state index contributed by atoms with van der Waals surface area (Å²) in [4.78, 5) is 0.889. The van der Waals surface area contributed by atoms with E-state index in [1.165, 1.54) is 17.7 Å². The number of hydrogen-bond donors (Lipinski definition) is 1. The summed E-state index contributed by atoms with van der Waals surface area (Å²) in [6, 6.07) is 8.54. The lowest BCUT2D eigenvalue weighted by molar-refractivity contribution is 0.536. The number of rotatable bonds is 4. The maximum Gasteiger partial charge on any atom is 0.140 e. The number of hydrogen-bond acceptors (Lipinski definition) is 2. The Morgan fingerprint density at radius 3 is 2.20 bits per heavy atom. The maximum absolute atomic E-state index is 14.0. The van der Waals surface area contributed by atoms with Crippen molar-refractivity contribution in [1.29, 1.82) is 0 Å². The van der Waals surface area contributed by atoms with E-state index in [4.69, 9.17) is 0 Å². The molecule has 0 aliphatic heterocycles. The molecule has 0 saturated heterocycles. The molecule has 0 radical (unpaired) electrons. The van der Waals surface area contributed by atoms with Crippen molar-refractivity contribution in [2.24, 2.45) is 0 Å². The first-order chi connectivity index (χ1) is 9.51. The first kappa shape index (κ1) is 15.0. The predicted molar refractivity (Wildman–Crippen MR) is 79.2 cm³/mol. The molecule has 0 bridgehead atoms. The van der Waals surface area contributed by atoms with Gasteiger partial charge >= 0.3 is 0 Å². The quantitative estimate of drug-likeness (QED) is 0.893. The zero-order valence-corrected chi connectivity index (χ0v) is 12.6. The molecule has 1 nitrogen and oxygen atoms in total. The van der Waals surface area contributed by atoms with E-state index in [-0.39, 0.29) is 4.90 Å². The number of nitrogens with one attached hydrogen (secondary N) is 1. The van der Waals surface area contributed by atoms with E-state index >= 15 is 0 Å². The Balaban J connectivity index is 2.31.